The molecule has 1 aromatic carbocycles. The van der Waals surface area contributed by atoms with Crippen LogP contribution in [0.1, 0.15) is 59.8 Å². The van der Waals surface area contributed by atoms with E-state index in [9.17, 15) is 14.4 Å². The molecule has 1 amide bonds. The SMILES string of the molecule is [2H]C([2H])([2H])n1c(=O)c2cc(C)cc(C(C)=O)c2n2cnc(C3=CCN(C(=O)OC(C)(C)C)CC3)c12. The summed E-state index contributed by atoms with van der Waals surface area (Å²) in [5.74, 6) is -0.244. The van der Waals surface area contributed by atoms with Crippen molar-refractivity contribution in [3.05, 3.63) is 51.7 Å². The monoisotopic (exact) mass is 439 g/mol. The van der Waals surface area contributed by atoms with Crippen LogP contribution in [0.15, 0.2) is 29.3 Å². The van der Waals surface area contributed by atoms with Crippen molar-refractivity contribution in [2.45, 2.75) is 46.6 Å². The van der Waals surface area contributed by atoms with Crippen LogP contribution in [0.3, 0.4) is 0 Å². The maximum Gasteiger partial charge on any atom is 0.410 e. The predicted molar refractivity (Wildman–Crippen MR) is 123 cm³/mol. The number of carbonyl (C=O) groups is 2. The number of Topliss-reactive ketones (excluding diaryl/α,β-unsaturated/α-hetero) is 1. The van der Waals surface area contributed by atoms with E-state index in [1.807, 2.05) is 0 Å². The molecule has 0 spiro atoms. The summed E-state index contributed by atoms with van der Waals surface area (Å²) in [4.78, 5) is 44.4. The van der Waals surface area contributed by atoms with Gasteiger partial charge in [-0.15, -0.1) is 0 Å². The van der Waals surface area contributed by atoms with E-state index in [4.69, 9.17) is 8.85 Å². The first-order valence-corrected chi connectivity index (χ1v) is 10.4. The Morgan fingerprint density at radius 1 is 1.25 bits per heavy atom. The molecule has 0 unspecified atom stereocenters. The fourth-order valence-electron chi connectivity index (χ4n) is 4.01. The fourth-order valence-corrected chi connectivity index (χ4v) is 4.01. The number of aryl methyl sites for hydroxylation is 2. The molecular weight excluding hydrogens is 408 g/mol. The van der Waals surface area contributed by atoms with Gasteiger partial charge in [0.2, 0.25) is 0 Å². The zero-order valence-electron chi connectivity index (χ0n) is 21.9. The second-order valence-corrected chi connectivity index (χ2v) is 9.10. The van der Waals surface area contributed by atoms with Crippen molar-refractivity contribution in [2.24, 2.45) is 6.98 Å². The highest BCUT2D eigenvalue weighted by atomic mass is 16.6. The average Bonchev–Trinajstić information content (AvgIpc) is 3.15. The Bertz CT molecular complexity index is 1460. The van der Waals surface area contributed by atoms with E-state index in [0.29, 0.717) is 40.9 Å². The van der Waals surface area contributed by atoms with Crippen LogP contribution < -0.4 is 5.56 Å². The molecule has 0 N–H and O–H groups in total. The summed E-state index contributed by atoms with van der Waals surface area (Å²) in [7, 11) is 0. The number of nitrogens with zero attached hydrogens (tertiary/aromatic N) is 4. The minimum absolute atomic E-state index is 0.0887. The minimum Gasteiger partial charge on any atom is -0.444 e. The lowest BCUT2D eigenvalue weighted by Gasteiger charge is -2.29. The van der Waals surface area contributed by atoms with Crippen LogP contribution in [0.4, 0.5) is 4.79 Å². The third kappa shape index (κ3) is 3.70. The van der Waals surface area contributed by atoms with Crippen molar-refractivity contribution >= 4 is 34.0 Å². The van der Waals surface area contributed by atoms with Gasteiger partial charge in [-0.1, -0.05) is 6.08 Å². The summed E-state index contributed by atoms with van der Waals surface area (Å²) in [6.45, 7) is 6.36. The molecule has 0 saturated carbocycles. The molecule has 4 rings (SSSR count). The van der Waals surface area contributed by atoms with Crippen molar-refractivity contribution in [3.8, 4) is 0 Å². The summed E-state index contributed by atoms with van der Waals surface area (Å²) in [5.41, 5.74) is 1.11. The number of ether oxygens (including phenoxy) is 1. The van der Waals surface area contributed by atoms with E-state index >= 15 is 0 Å². The first-order valence-electron chi connectivity index (χ1n) is 11.9. The molecule has 168 valence electrons. The van der Waals surface area contributed by atoms with Crippen LogP contribution in [0, 0.1) is 6.92 Å². The third-order valence-corrected chi connectivity index (χ3v) is 5.43. The second kappa shape index (κ2) is 7.62. The molecule has 2 aromatic heterocycles. The molecule has 8 heteroatoms. The third-order valence-electron chi connectivity index (χ3n) is 5.43. The second-order valence-electron chi connectivity index (χ2n) is 9.10. The molecule has 0 aliphatic carbocycles. The highest BCUT2D eigenvalue weighted by molar-refractivity contribution is 6.06. The Hall–Kier alpha value is -3.42. The van der Waals surface area contributed by atoms with Crippen LogP contribution in [0.2, 0.25) is 0 Å². The number of amides is 1. The fraction of sp³-hybridized carbons (Fsp3) is 0.417. The Kier molecular flexibility index (Phi) is 4.33. The Labute approximate surface area is 190 Å². The van der Waals surface area contributed by atoms with Crippen molar-refractivity contribution < 1.29 is 18.4 Å². The number of fused-ring (bicyclic) bond motifs is 3. The largest absolute Gasteiger partial charge is 0.444 e. The van der Waals surface area contributed by atoms with Crippen molar-refractivity contribution in [1.82, 2.24) is 18.9 Å². The van der Waals surface area contributed by atoms with Gasteiger partial charge in [0.05, 0.1) is 10.9 Å². The summed E-state index contributed by atoms with van der Waals surface area (Å²) in [5, 5.41) is 0.136. The van der Waals surface area contributed by atoms with Crippen LogP contribution in [0.5, 0.6) is 0 Å². The first kappa shape index (κ1) is 18.2. The Balaban J connectivity index is 1.93. The maximum atomic E-state index is 13.5. The van der Waals surface area contributed by atoms with Gasteiger partial charge in [-0.3, -0.25) is 18.6 Å². The molecule has 8 nitrogen and oxygen atoms in total. The number of ketones is 1. The van der Waals surface area contributed by atoms with Crippen LogP contribution >= 0.6 is 0 Å². The maximum absolute atomic E-state index is 13.5. The van der Waals surface area contributed by atoms with Crippen LogP contribution in [-0.2, 0) is 11.7 Å². The standard InChI is InChI=1S/C24H28N4O4/c1-14-11-17(15(2)29)20-18(12-14)22(30)26(6)21-19(25-13-28(20)21)16-7-9-27(10-8-16)23(31)32-24(3,4)5/h7,11-13H,8-10H2,1-6H3/i6D3. The number of benzene rings is 1. The topological polar surface area (TPSA) is 85.9 Å². The molecule has 3 heterocycles. The van der Waals surface area contributed by atoms with Crippen molar-refractivity contribution in [1.29, 1.82) is 0 Å². The van der Waals surface area contributed by atoms with Gasteiger partial charge >= 0.3 is 6.09 Å². The van der Waals surface area contributed by atoms with Crippen LogP contribution in [0.25, 0.3) is 22.1 Å². The van der Waals surface area contributed by atoms with Crippen LogP contribution in [-0.4, -0.2) is 49.4 Å². The van der Waals surface area contributed by atoms with Gasteiger partial charge in [0.25, 0.3) is 5.56 Å². The lowest BCUT2D eigenvalue weighted by Crippen LogP contribution is -2.39. The predicted octanol–water partition coefficient (Wildman–Crippen LogP) is 3.72. The van der Waals surface area contributed by atoms with Crippen molar-refractivity contribution in [2.75, 3.05) is 13.1 Å². The summed E-state index contributed by atoms with van der Waals surface area (Å²) < 4.78 is 32.0. The van der Waals surface area contributed by atoms with Gasteiger partial charge in [0.1, 0.15) is 23.3 Å². The van der Waals surface area contributed by atoms with Crippen molar-refractivity contribution in [3.63, 3.8) is 0 Å². The molecule has 1 aliphatic heterocycles. The van der Waals surface area contributed by atoms with E-state index < -0.39 is 24.2 Å². The van der Waals surface area contributed by atoms with E-state index in [2.05, 4.69) is 4.98 Å². The number of rotatable bonds is 2. The highest BCUT2D eigenvalue weighted by Crippen LogP contribution is 2.28. The number of hydrogen-bond donors (Lipinski definition) is 0. The zero-order valence-corrected chi connectivity index (χ0v) is 18.9. The summed E-state index contributed by atoms with van der Waals surface area (Å²) >= 11 is 0. The normalized spacial score (nSPS) is 16.5. The molecular formula is C24H28N4O4. The van der Waals surface area contributed by atoms with E-state index in [0.717, 1.165) is 4.57 Å². The molecule has 0 radical (unpaired) electrons. The van der Waals surface area contributed by atoms with Gasteiger partial charge in [0, 0.05) is 29.7 Å². The lowest BCUT2D eigenvalue weighted by molar-refractivity contribution is 0.0270. The van der Waals surface area contributed by atoms with Gasteiger partial charge in [0.15, 0.2) is 5.78 Å². The molecule has 0 fully saturated rings. The van der Waals surface area contributed by atoms with Gasteiger partial charge in [-0.05, 0) is 64.3 Å². The number of hydrogen-bond acceptors (Lipinski definition) is 5. The minimum atomic E-state index is -2.78. The van der Waals surface area contributed by atoms with E-state index in [1.165, 1.54) is 17.7 Å². The van der Waals surface area contributed by atoms with Gasteiger partial charge < -0.3 is 9.64 Å². The van der Waals surface area contributed by atoms with Gasteiger partial charge in [-0.2, -0.15) is 0 Å². The average molecular weight is 440 g/mol. The van der Waals surface area contributed by atoms with Gasteiger partial charge in [-0.25, -0.2) is 9.78 Å². The zero-order chi connectivity index (χ0) is 25.9. The molecule has 3 aromatic rings. The molecule has 0 atom stereocenters. The summed E-state index contributed by atoms with van der Waals surface area (Å²) in [6, 6.07) is 3.27. The molecule has 1 aliphatic rings. The molecule has 0 saturated heterocycles. The quantitative estimate of drug-likeness (QED) is 0.568. The highest BCUT2D eigenvalue weighted by Gasteiger charge is 2.26. The number of carbonyl (C=O) groups excluding carboxylic acids is 2. The summed E-state index contributed by atoms with van der Waals surface area (Å²) in [6.07, 6.45) is 3.19. The Morgan fingerprint density at radius 2 is 2.00 bits per heavy atom. The van der Waals surface area contributed by atoms with E-state index in [-0.39, 0.29) is 23.4 Å². The van der Waals surface area contributed by atoms with E-state index in [1.54, 1.807) is 50.8 Å². The smallest absolute Gasteiger partial charge is 0.410 e. The molecule has 32 heavy (non-hydrogen) atoms. The number of imidazole rings is 1. The number of aromatic nitrogens is 3. The lowest BCUT2D eigenvalue weighted by atomic mass is 10.0. The Morgan fingerprint density at radius 3 is 2.59 bits per heavy atom. The molecule has 0 bridgehead atoms. The first-order chi connectivity index (χ1) is 16.2.